The summed E-state index contributed by atoms with van der Waals surface area (Å²) in [6.45, 7) is 4.08. The van der Waals surface area contributed by atoms with Crippen molar-refractivity contribution in [2.45, 2.75) is 32.4 Å². The van der Waals surface area contributed by atoms with Crippen LogP contribution in [0.5, 0.6) is 0 Å². The number of hydrogen-bond donors (Lipinski definition) is 2. The summed E-state index contributed by atoms with van der Waals surface area (Å²) < 4.78 is 0. The average Bonchev–Trinajstić information content (AvgIpc) is 3.15. The monoisotopic (exact) mass is 262 g/mol. The zero-order chi connectivity index (χ0) is 13.7. The van der Waals surface area contributed by atoms with Gasteiger partial charge in [0.05, 0.1) is 6.54 Å². The van der Waals surface area contributed by atoms with Crippen LogP contribution < -0.4 is 10.6 Å². The number of nitrogens with zero attached hydrogens (tertiary/aromatic N) is 2. The third-order valence-electron chi connectivity index (χ3n) is 2.99. The van der Waals surface area contributed by atoms with Crippen molar-refractivity contribution in [3.8, 4) is 0 Å². The number of likely N-dealkylation sites (N-methyl/N-ethyl adjacent to an activating group) is 1. The first kappa shape index (κ1) is 13.8. The Balaban J connectivity index is 1.76. The summed E-state index contributed by atoms with van der Waals surface area (Å²) in [6, 6.07) is 4.44. The number of pyridine rings is 1. The normalized spacial score (nSPS) is 14.5. The highest BCUT2D eigenvalue weighted by Gasteiger charge is 2.23. The van der Waals surface area contributed by atoms with Crippen LogP contribution in [0.2, 0.25) is 0 Å². The standard InChI is InChI=1S/C14H22N4O/c1-3-15-13-7-4-11(8-16-13)9-18(2)10-14(19)17-12-5-6-12/h4,7-8,12H,3,5-6,9-10H2,1-2H3,(H,15,16)(H,17,19). The predicted molar refractivity (Wildman–Crippen MR) is 75.9 cm³/mol. The second-order valence-corrected chi connectivity index (χ2v) is 5.10. The summed E-state index contributed by atoms with van der Waals surface area (Å²) in [5.41, 5.74) is 1.11. The van der Waals surface area contributed by atoms with Gasteiger partial charge in [0.1, 0.15) is 5.82 Å². The lowest BCUT2D eigenvalue weighted by molar-refractivity contribution is -0.122. The Morgan fingerprint density at radius 1 is 1.47 bits per heavy atom. The number of anilines is 1. The summed E-state index contributed by atoms with van der Waals surface area (Å²) in [6.07, 6.45) is 4.11. The van der Waals surface area contributed by atoms with Crippen LogP contribution >= 0.6 is 0 Å². The Kier molecular flexibility index (Phi) is 4.74. The Morgan fingerprint density at radius 2 is 2.26 bits per heavy atom. The van der Waals surface area contributed by atoms with Gasteiger partial charge in [-0.25, -0.2) is 4.98 Å². The lowest BCUT2D eigenvalue weighted by atomic mass is 10.2. The lowest BCUT2D eigenvalue weighted by Crippen LogP contribution is -2.35. The molecular formula is C14H22N4O. The Labute approximate surface area is 114 Å². The summed E-state index contributed by atoms with van der Waals surface area (Å²) >= 11 is 0. The number of carbonyl (C=O) groups is 1. The van der Waals surface area contributed by atoms with Gasteiger partial charge in [0, 0.05) is 25.3 Å². The van der Waals surface area contributed by atoms with Crippen LogP contribution in [-0.2, 0) is 11.3 Å². The fourth-order valence-corrected chi connectivity index (χ4v) is 1.92. The number of carbonyl (C=O) groups excluding carboxylic acids is 1. The molecular weight excluding hydrogens is 240 g/mol. The van der Waals surface area contributed by atoms with E-state index < -0.39 is 0 Å². The van der Waals surface area contributed by atoms with Crippen molar-refractivity contribution in [3.63, 3.8) is 0 Å². The zero-order valence-corrected chi connectivity index (χ0v) is 11.6. The molecule has 0 radical (unpaired) electrons. The van der Waals surface area contributed by atoms with Crippen LogP contribution in [0.3, 0.4) is 0 Å². The van der Waals surface area contributed by atoms with E-state index >= 15 is 0 Å². The number of hydrogen-bond acceptors (Lipinski definition) is 4. The SMILES string of the molecule is CCNc1ccc(CN(C)CC(=O)NC2CC2)cn1. The maximum atomic E-state index is 11.7. The van der Waals surface area contributed by atoms with Crippen LogP contribution in [0.1, 0.15) is 25.3 Å². The highest BCUT2D eigenvalue weighted by Crippen LogP contribution is 2.18. The fraction of sp³-hybridized carbons (Fsp3) is 0.571. The molecule has 1 amide bonds. The van der Waals surface area contributed by atoms with Gasteiger partial charge in [0.15, 0.2) is 0 Å². The molecule has 1 saturated carbocycles. The molecule has 1 aliphatic carbocycles. The molecule has 1 aromatic rings. The van der Waals surface area contributed by atoms with Crippen LogP contribution in [0, 0.1) is 0 Å². The van der Waals surface area contributed by atoms with Gasteiger partial charge in [-0.1, -0.05) is 6.07 Å². The van der Waals surface area contributed by atoms with Gasteiger partial charge < -0.3 is 10.6 Å². The van der Waals surface area contributed by atoms with E-state index in [2.05, 4.69) is 15.6 Å². The van der Waals surface area contributed by atoms with Crippen molar-refractivity contribution < 1.29 is 4.79 Å². The van der Waals surface area contributed by atoms with Crippen molar-refractivity contribution in [3.05, 3.63) is 23.9 Å². The van der Waals surface area contributed by atoms with E-state index in [0.717, 1.165) is 37.3 Å². The van der Waals surface area contributed by atoms with Crippen LogP contribution in [0.25, 0.3) is 0 Å². The van der Waals surface area contributed by atoms with Gasteiger partial charge in [-0.2, -0.15) is 0 Å². The number of rotatable bonds is 7. The Morgan fingerprint density at radius 3 is 2.84 bits per heavy atom. The Bertz CT molecular complexity index is 414. The molecule has 0 atom stereocenters. The van der Waals surface area contributed by atoms with Gasteiger partial charge >= 0.3 is 0 Å². The molecule has 1 aliphatic rings. The molecule has 19 heavy (non-hydrogen) atoms. The minimum absolute atomic E-state index is 0.113. The van der Waals surface area contributed by atoms with E-state index in [0.29, 0.717) is 12.6 Å². The van der Waals surface area contributed by atoms with E-state index in [-0.39, 0.29) is 5.91 Å². The van der Waals surface area contributed by atoms with Crippen molar-refractivity contribution in [2.24, 2.45) is 0 Å². The molecule has 2 N–H and O–H groups in total. The molecule has 5 nitrogen and oxygen atoms in total. The van der Waals surface area contributed by atoms with Gasteiger partial charge in [-0.05, 0) is 38.4 Å². The first-order valence-electron chi connectivity index (χ1n) is 6.84. The third kappa shape index (κ3) is 4.87. The molecule has 1 aromatic heterocycles. The minimum Gasteiger partial charge on any atom is -0.370 e. The first-order chi connectivity index (χ1) is 9.17. The van der Waals surface area contributed by atoms with Crippen LogP contribution in [0.4, 0.5) is 5.82 Å². The van der Waals surface area contributed by atoms with Gasteiger partial charge in [-0.15, -0.1) is 0 Å². The summed E-state index contributed by atoms with van der Waals surface area (Å²) in [5.74, 6) is 1.00. The maximum absolute atomic E-state index is 11.7. The molecule has 0 unspecified atom stereocenters. The maximum Gasteiger partial charge on any atom is 0.234 e. The van der Waals surface area contributed by atoms with Crippen molar-refractivity contribution in [1.82, 2.24) is 15.2 Å². The second kappa shape index (κ2) is 6.52. The number of amides is 1. The molecule has 0 spiro atoms. The fourth-order valence-electron chi connectivity index (χ4n) is 1.92. The molecule has 0 bridgehead atoms. The van der Waals surface area contributed by atoms with E-state index in [1.807, 2.05) is 37.2 Å². The topological polar surface area (TPSA) is 57.3 Å². The molecule has 0 aromatic carbocycles. The Hall–Kier alpha value is -1.62. The van der Waals surface area contributed by atoms with E-state index in [1.54, 1.807) is 0 Å². The number of aromatic nitrogens is 1. The summed E-state index contributed by atoms with van der Waals surface area (Å²) in [5, 5.41) is 6.15. The molecule has 1 heterocycles. The largest absolute Gasteiger partial charge is 0.370 e. The molecule has 5 heteroatoms. The predicted octanol–water partition coefficient (Wildman–Crippen LogP) is 1.22. The highest BCUT2D eigenvalue weighted by molar-refractivity contribution is 5.78. The molecule has 104 valence electrons. The molecule has 1 fully saturated rings. The highest BCUT2D eigenvalue weighted by atomic mass is 16.2. The smallest absolute Gasteiger partial charge is 0.234 e. The third-order valence-corrected chi connectivity index (χ3v) is 2.99. The van der Waals surface area contributed by atoms with Crippen molar-refractivity contribution in [2.75, 3.05) is 25.5 Å². The van der Waals surface area contributed by atoms with Crippen molar-refractivity contribution >= 4 is 11.7 Å². The number of nitrogens with one attached hydrogen (secondary N) is 2. The van der Waals surface area contributed by atoms with E-state index in [1.165, 1.54) is 0 Å². The van der Waals surface area contributed by atoms with E-state index in [4.69, 9.17) is 0 Å². The van der Waals surface area contributed by atoms with Crippen LogP contribution in [-0.4, -0.2) is 42.0 Å². The lowest BCUT2D eigenvalue weighted by Gasteiger charge is -2.16. The zero-order valence-electron chi connectivity index (χ0n) is 11.6. The summed E-state index contributed by atoms with van der Waals surface area (Å²) in [4.78, 5) is 18.0. The van der Waals surface area contributed by atoms with Gasteiger partial charge in [-0.3, -0.25) is 9.69 Å². The summed E-state index contributed by atoms with van der Waals surface area (Å²) in [7, 11) is 1.95. The minimum atomic E-state index is 0.113. The van der Waals surface area contributed by atoms with Crippen LogP contribution in [0.15, 0.2) is 18.3 Å². The molecule has 0 saturated heterocycles. The molecule has 0 aliphatic heterocycles. The molecule has 2 rings (SSSR count). The van der Waals surface area contributed by atoms with Gasteiger partial charge in [0.2, 0.25) is 5.91 Å². The average molecular weight is 262 g/mol. The quantitative estimate of drug-likeness (QED) is 0.776. The van der Waals surface area contributed by atoms with E-state index in [9.17, 15) is 4.79 Å². The first-order valence-corrected chi connectivity index (χ1v) is 6.84. The van der Waals surface area contributed by atoms with Gasteiger partial charge in [0.25, 0.3) is 0 Å². The van der Waals surface area contributed by atoms with Crippen molar-refractivity contribution in [1.29, 1.82) is 0 Å². The second-order valence-electron chi connectivity index (χ2n) is 5.10.